The van der Waals surface area contributed by atoms with Gasteiger partial charge in [0.15, 0.2) is 0 Å². The molecule has 1 heterocycles. The van der Waals surface area contributed by atoms with Crippen LogP contribution in [0.15, 0.2) is 17.1 Å². The van der Waals surface area contributed by atoms with E-state index in [1.54, 1.807) is 0 Å². The Hall–Kier alpha value is -1.11. The molecule has 1 nitrogen and oxygen atoms in total. The van der Waals surface area contributed by atoms with Gasteiger partial charge in [0.1, 0.15) is 0 Å². The lowest BCUT2D eigenvalue weighted by molar-refractivity contribution is 1.28. The Bertz CT molecular complexity index is 324. The monoisotopic (exact) mass is 145 g/mol. The van der Waals surface area contributed by atoms with Gasteiger partial charge in [-0.15, -0.1) is 0 Å². The Morgan fingerprint density at radius 2 is 1.91 bits per heavy atom. The van der Waals surface area contributed by atoms with E-state index in [0.29, 0.717) is 0 Å². The predicted octanol–water partition coefficient (Wildman–Crippen LogP) is 2.56. The average molecular weight is 145 g/mol. The van der Waals surface area contributed by atoms with Crippen molar-refractivity contribution in [2.24, 2.45) is 4.99 Å². The number of aliphatic imine (C=N–C) groups is 1. The number of benzene rings is 1. The van der Waals surface area contributed by atoms with Crippen LogP contribution in [0.5, 0.6) is 0 Å². The highest BCUT2D eigenvalue weighted by atomic mass is 14.8. The molecular weight excluding hydrogens is 134 g/mol. The van der Waals surface area contributed by atoms with Crippen LogP contribution >= 0.6 is 0 Å². The van der Waals surface area contributed by atoms with Gasteiger partial charge in [-0.2, -0.15) is 0 Å². The van der Waals surface area contributed by atoms with E-state index in [0.717, 1.165) is 6.42 Å². The SMILES string of the molecule is Cc1ccc(C)c2c1CC=N2. The zero-order valence-corrected chi connectivity index (χ0v) is 6.89. The molecule has 1 heteroatoms. The van der Waals surface area contributed by atoms with Crippen LogP contribution in [0.25, 0.3) is 0 Å². The molecular formula is C10H11N. The van der Waals surface area contributed by atoms with Crippen molar-refractivity contribution in [2.75, 3.05) is 0 Å². The number of rotatable bonds is 0. The van der Waals surface area contributed by atoms with Gasteiger partial charge in [0.2, 0.25) is 0 Å². The molecule has 0 saturated heterocycles. The summed E-state index contributed by atoms with van der Waals surface area (Å²) < 4.78 is 0. The molecule has 0 atom stereocenters. The summed E-state index contributed by atoms with van der Waals surface area (Å²) in [7, 11) is 0. The molecule has 0 aromatic heterocycles. The Balaban J connectivity index is 2.71. The second-order valence-electron chi connectivity index (χ2n) is 3.04. The zero-order valence-electron chi connectivity index (χ0n) is 6.89. The lowest BCUT2D eigenvalue weighted by Crippen LogP contribution is -1.86. The Labute approximate surface area is 66.8 Å². The Morgan fingerprint density at radius 1 is 1.18 bits per heavy atom. The summed E-state index contributed by atoms with van der Waals surface area (Å²) >= 11 is 0. The lowest BCUT2D eigenvalue weighted by atomic mass is 10.0. The minimum Gasteiger partial charge on any atom is -0.260 e. The summed E-state index contributed by atoms with van der Waals surface area (Å²) in [5, 5.41) is 0. The van der Waals surface area contributed by atoms with Gasteiger partial charge in [0.25, 0.3) is 0 Å². The third-order valence-corrected chi connectivity index (χ3v) is 2.23. The largest absolute Gasteiger partial charge is 0.260 e. The fourth-order valence-electron chi connectivity index (χ4n) is 1.52. The van der Waals surface area contributed by atoms with Crippen LogP contribution < -0.4 is 0 Å². The highest BCUT2D eigenvalue weighted by Gasteiger charge is 2.10. The molecule has 0 fully saturated rings. The van der Waals surface area contributed by atoms with Gasteiger partial charge in [-0.05, 0) is 30.5 Å². The molecule has 0 spiro atoms. The molecule has 11 heavy (non-hydrogen) atoms. The van der Waals surface area contributed by atoms with Crippen molar-refractivity contribution >= 4 is 11.9 Å². The van der Waals surface area contributed by atoms with Crippen LogP contribution in [0, 0.1) is 13.8 Å². The number of aryl methyl sites for hydroxylation is 2. The molecule has 0 aliphatic carbocycles. The van der Waals surface area contributed by atoms with Crippen LogP contribution in [0.4, 0.5) is 5.69 Å². The molecule has 1 aromatic carbocycles. The first-order valence-electron chi connectivity index (χ1n) is 3.90. The van der Waals surface area contributed by atoms with Crippen LogP contribution in [0.2, 0.25) is 0 Å². The zero-order chi connectivity index (χ0) is 7.84. The first-order chi connectivity index (χ1) is 5.29. The fourth-order valence-corrected chi connectivity index (χ4v) is 1.52. The minimum atomic E-state index is 1.02. The molecule has 1 aliphatic rings. The highest BCUT2D eigenvalue weighted by molar-refractivity contribution is 5.78. The van der Waals surface area contributed by atoms with Gasteiger partial charge in [-0.1, -0.05) is 12.1 Å². The highest BCUT2D eigenvalue weighted by Crippen LogP contribution is 2.30. The maximum Gasteiger partial charge on any atom is 0.0693 e. The molecule has 0 N–H and O–H groups in total. The number of nitrogens with zero attached hydrogens (tertiary/aromatic N) is 1. The maximum absolute atomic E-state index is 4.33. The smallest absolute Gasteiger partial charge is 0.0693 e. The van der Waals surface area contributed by atoms with Gasteiger partial charge in [0, 0.05) is 12.6 Å². The standard InChI is InChI=1S/C10H11N/c1-7-3-4-8(2)10-9(7)5-6-11-10/h3-4,6H,5H2,1-2H3. The van der Waals surface area contributed by atoms with E-state index < -0.39 is 0 Å². The third kappa shape index (κ3) is 0.881. The first-order valence-corrected chi connectivity index (χ1v) is 3.90. The summed E-state index contributed by atoms with van der Waals surface area (Å²) in [6.45, 7) is 4.26. The van der Waals surface area contributed by atoms with Crippen molar-refractivity contribution in [2.45, 2.75) is 20.3 Å². The Kier molecular flexibility index (Phi) is 1.31. The molecule has 0 unspecified atom stereocenters. The maximum atomic E-state index is 4.33. The van der Waals surface area contributed by atoms with E-state index in [2.05, 4.69) is 31.0 Å². The summed E-state index contributed by atoms with van der Waals surface area (Å²) in [5.41, 5.74) is 5.26. The van der Waals surface area contributed by atoms with E-state index in [4.69, 9.17) is 0 Å². The quantitative estimate of drug-likeness (QED) is 0.532. The molecule has 0 bridgehead atoms. The summed E-state index contributed by atoms with van der Waals surface area (Å²) in [6, 6.07) is 4.31. The topological polar surface area (TPSA) is 12.4 Å². The Morgan fingerprint density at radius 3 is 2.64 bits per heavy atom. The van der Waals surface area contributed by atoms with Crippen LogP contribution in [0.1, 0.15) is 16.7 Å². The van der Waals surface area contributed by atoms with Crippen molar-refractivity contribution in [3.05, 3.63) is 28.8 Å². The van der Waals surface area contributed by atoms with Crippen molar-refractivity contribution in [3.63, 3.8) is 0 Å². The summed E-state index contributed by atoms with van der Waals surface area (Å²) in [5.74, 6) is 0. The van der Waals surface area contributed by atoms with Crippen LogP contribution in [0.3, 0.4) is 0 Å². The van der Waals surface area contributed by atoms with Crippen molar-refractivity contribution in [3.8, 4) is 0 Å². The number of fused-ring (bicyclic) bond motifs is 1. The molecule has 0 saturated carbocycles. The van der Waals surface area contributed by atoms with Gasteiger partial charge < -0.3 is 0 Å². The minimum absolute atomic E-state index is 1.02. The van der Waals surface area contributed by atoms with Crippen molar-refractivity contribution < 1.29 is 0 Å². The normalized spacial score (nSPS) is 13.6. The molecule has 0 radical (unpaired) electrons. The molecule has 56 valence electrons. The predicted molar refractivity (Wildman–Crippen MR) is 47.8 cm³/mol. The molecule has 1 aliphatic heterocycles. The summed E-state index contributed by atoms with van der Waals surface area (Å²) in [6.07, 6.45) is 3.01. The fraction of sp³-hybridized carbons (Fsp3) is 0.300. The average Bonchev–Trinajstić information content (AvgIpc) is 2.45. The second kappa shape index (κ2) is 2.19. The molecule has 1 aromatic rings. The van der Waals surface area contributed by atoms with E-state index in [-0.39, 0.29) is 0 Å². The second-order valence-corrected chi connectivity index (χ2v) is 3.04. The van der Waals surface area contributed by atoms with E-state index in [1.165, 1.54) is 22.4 Å². The van der Waals surface area contributed by atoms with Crippen LogP contribution in [-0.4, -0.2) is 6.21 Å². The van der Waals surface area contributed by atoms with E-state index in [9.17, 15) is 0 Å². The van der Waals surface area contributed by atoms with Crippen molar-refractivity contribution in [1.82, 2.24) is 0 Å². The molecule has 2 rings (SSSR count). The van der Waals surface area contributed by atoms with Gasteiger partial charge in [0.05, 0.1) is 5.69 Å². The number of hydrogen-bond acceptors (Lipinski definition) is 1. The number of hydrogen-bond donors (Lipinski definition) is 0. The van der Waals surface area contributed by atoms with Gasteiger partial charge in [-0.25, -0.2) is 0 Å². The third-order valence-electron chi connectivity index (χ3n) is 2.23. The first kappa shape index (κ1) is 6.59. The molecule has 0 amide bonds. The van der Waals surface area contributed by atoms with Crippen LogP contribution in [-0.2, 0) is 6.42 Å². The van der Waals surface area contributed by atoms with Gasteiger partial charge in [-0.3, -0.25) is 4.99 Å². The van der Waals surface area contributed by atoms with Gasteiger partial charge >= 0.3 is 0 Å². The van der Waals surface area contributed by atoms with E-state index >= 15 is 0 Å². The lowest BCUT2D eigenvalue weighted by Gasteiger charge is -2.04. The summed E-state index contributed by atoms with van der Waals surface area (Å²) in [4.78, 5) is 4.33. The van der Waals surface area contributed by atoms with Crippen molar-refractivity contribution in [1.29, 1.82) is 0 Å². The van der Waals surface area contributed by atoms with E-state index in [1.807, 2.05) is 6.21 Å².